The van der Waals surface area contributed by atoms with Gasteiger partial charge in [0, 0.05) is 17.6 Å². The molecule has 3 aromatic rings. The average Bonchev–Trinajstić information content (AvgIpc) is 3.34. The van der Waals surface area contributed by atoms with Gasteiger partial charge in [0.25, 0.3) is 0 Å². The summed E-state index contributed by atoms with van der Waals surface area (Å²) in [6, 6.07) is 7.97. The fraction of sp³-hybridized carbons (Fsp3) is 0.381. The van der Waals surface area contributed by atoms with Crippen molar-refractivity contribution in [3.8, 4) is 10.7 Å². The first kappa shape index (κ1) is 23.0. The fourth-order valence-corrected chi connectivity index (χ4v) is 6.22. The van der Waals surface area contributed by atoms with Crippen molar-refractivity contribution < 1.29 is 13.2 Å². The van der Waals surface area contributed by atoms with Gasteiger partial charge in [0.2, 0.25) is 15.9 Å². The number of hydrogen-bond acceptors (Lipinski definition) is 7. The van der Waals surface area contributed by atoms with E-state index in [1.54, 1.807) is 11.3 Å². The number of amides is 1. The number of carbonyl (C=O) groups is 1. The molecule has 1 atom stereocenters. The number of anilines is 1. The van der Waals surface area contributed by atoms with Gasteiger partial charge in [-0.1, -0.05) is 25.1 Å². The van der Waals surface area contributed by atoms with Gasteiger partial charge in [0.1, 0.15) is 0 Å². The molecule has 1 aliphatic carbocycles. The molecule has 3 N–H and O–H groups in total. The summed E-state index contributed by atoms with van der Waals surface area (Å²) in [5.41, 5.74) is 1.93. The van der Waals surface area contributed by atoms with E-state index in [4.69, 9.17) is 5.14 Å². The van der Waals surface area contributed by atoms with Crippen molar-refractivity contribution >= 4 is 44.7 Å². The van der Waals surface area contributed by atoms with E-state index in [1.807, 2.05) is 11.6 Å². The molecule has 1 amide bonds. The highest BCUT2D eigenvalue weighted by Gasteiger charge is 2.22. The zero-order valence-electron chi connectivity index (χ0n) is 17.9. The topological polar surface area (TPSA) is 120 Å². The molecule has 0 radical (unpaired) electrons. The van der Waals surface area contributed by atoms with Crippen LogP contribution in [0, 0.1) is 5.92 Å². The van der Waals surface area contributed by atoms with Crippen molar-refractivity contribution in [1.29, 1.82) is 0 Å². The molecule has 2 aromatic heterocycles. The third-order valence-electron chi connectivity index (χ3n) is 5.62. The molecule has 0 aliphatic heterocycles. The second-order valence-electron chi connectivity index (χ2n) is 7.85. The predicted octanol–water partition coefficient (Wildman–Crippen LogP) is 3.44. The summed E-state index contributed by atoms with van der Waals surface area (Å²) in [5, 5.41) is 17.1. The van der Waals surface area contributed by atoms with E-state index in [1.165, 1.54) is 59.3 Å². The number of thioether (sulfide) groups is 1. The molecule has 8 nitrogen and oxygen atoms in total. The summed E-state index contributed by atoms with van der Waals surface area (Å²) in [6.45, 7) is 2.25. The number of nitrogens with two attached hydrogens (primary N) is 1. The van der Waals surface area contributed by atoms with Crippen molar-refractivity contribution in [2.75, 3.05) is 11.1 Å². The molecule has 1 aliphatic rings. The van der Waals surface area contributed by atoms with Crippen molar-refractivity contribution in [2.24, 2.45) is 18.1 Å². The Balaban J connectivity index is 1.38. The van der Waals surface area contributed by atoms with Crippen molar-refractivity contribution in [3.63, 3.8) is 0 Å². The summed E-state index contributed by atoms with van der Waals surface area (Å²) in [7, 11) is -1.85. The van der Waals surface area contributed by atoms with Gasteiger partial charge in [-0.25, -0.2) is 13.6 Å². The Morgan fingerprint density at radius 2 is 2.06 bits per heavy atom. The van der Waals surface area contributed by atoms with Gasteiger partial charge in [-0.15, -0.1) is 21.5 Å². The summed E-state index contributed by atoms with van der Waals surface area (Å²) >= 11 is 3.10. The van der Waals surface area contributed by atoms with Gasteiger partial charge in [-0.05, 0) is 61.1 Å². The molecule has 32 heavy (non-hydrogen) atoms. The van der Waals surface area contributed by atoms with Gasteiger partial charge in [-0.2, -0.15) is 0 Å². The molecule has 1 aromatic carbocycles. The van der Waals surface area contributed by atoms with Crippen LogP contribution >= 0.6 is 23.1 Å². The van der Waals surface area contributed by atoms with Crippen molar-refractivity contribution in [1.82, 2.24) is 14.8 Å². The Morgan fingerprint density at radius 1 is 1.31 bits per heavy atom. The number of sulfonamides is 1. The summed E-state index contributed by atoms with van der Waals surface area (Å²) in [4.78, 5) is 14.9. The minimum Gasteiger partial charge on any atom is -0.325 e. The van der Waals surface area contributed by atoms with E-state index in [0.29, 0.717) is 10.8 Å². The normalized spacial score (nSPS) is 16.0. The maximum atomic E-state index is 12.3. The Labute approximate surface area is 195 Å². The summed E-state index contributed by atoms with van der Waals surface area (Å²) < 4.78 is 24.6. The molecule has 11 heteroatoms. The quantitative estimate of drug-likeness (QED) is 0.489. The molecule has 0 spiro atoms. The van der Waals surface area contributed by atoms with Gasteiger partial charge < -0.3 is 9.88 Å². The Hall–Kier alpha value is -2.21. The third-order valence-corrected chi connectivity index (χ3v) is 8.80. The van der Waals surface area contributed by atoms with E-state index in [-0.39, 0.29) is 16.6 Å². The smallest absolute Gasteiger partial charge is 0.238 e. The number of carbonyl (C=O) groups excluding carboxylic acids is 1. The van der Waals surface area contributed by atoms with E-state index >= 15 is 0 Å². The van der Waals surface area contributed by atoms with Crippen LogP contribution in [0.2, 0.25) is 0 Å². The van der Waals surface area contributed by atoms with Crippen LogP contribution in [-0.4, -0.2) is 34.8 Å². The number of nitrogens with one attached hydrogen (secondary N) is 1. The lowest BCUT2D eigenvalue weighted by Gasteiger charge is -2.19. The van der Waals surface area contributed by atoms with E-state index in [2.05, 4.69) is 28.5 Å². The largest absolute Gasteiger partial charge is 0.325 e. The van der Waals surface area contributed by atoms with Crippen LogP contribution in [0.3, 0.4) is 0 Å². The van der Waals surface area contributed by atoms with Crippen LogP contribution in [0.25, 0.3) is 10.7 Å². The molecule has 0 saturated carbocycles. The first-order valence-electron chi connectivity index (χ1n) is 10.3. The van der Waals surface area contributed by atoms with E-state index in [9.17, 15) is 13.2 Å². The minimum atomic E-state index is -3.76. The van der Waals surface area contributed by atoms with Gasteiger partial charge in [0.05, 0.1) is 15.5 Å². The van der Waals surface area contributed by atoms with E-state index < -0.39 is 10.0 Å². The lowest BCUT2D eigenvalue weighted by atomic mass is 9.87. The van der Waals surface area contributed by atoms with Gasteiger partial charge >= 0.3 is 0 Å². The van der Waals surface area contributed by atoms with Crippen molar-refractivity contribution in [3.05, 3.63) is 40.8 Å². The van der Waals surface area contributed by atoms with Crippen LogP contribution in [0.15, 0.2) is 40.4 Å². The summed E-state index contributed by atoms with van der Waals surface area (Å²) in [6.07, 6.45) is 4.74. The molecule has 0 bridgehead atoms. The number of benzene rings is 1. The number of nitrogens with zero attached hydrogens (tertiary/aromatic N) is 3. The first-order chi connectivity index (χ1) is 15.2. The lowest BCUT2D eigenvalue weighted by Crippen LogP contribution is -2.15. The molecule has 0 saturated heterocycles. The van der Waals surface area contributed by atoms with Crippen LogP contribution in [-0.2, 0) is 34.7 Å². The number of fused-ring (bicyclic) bond motifs is 1. The Kier molecular flexibility index (Phi) is 6.70. The summed E-state index contributed by atoms with van der Waals surface area (Å²) in [5.74, 6) is 1.52. The van der Waals surface area contributed by atoms with Crippen LogP contribution in [0.1, 0.15) is 30.2 Å². The first-order valence-corrected chi connectivity index (χ1v) is 13.7. The molecule has 0 fully saturated rings. The monoisotopic (exact) mass is 491 g/mol. The zero-order valence-corrected chi connectivity index (χ0v) is 20.3. The highest BCUT2D eigenvalue weighted by molar-refractivity contribution is 7.99. The second kappa shape index (κ2) is 9.34. The highest BCUT2D eigenvalue weighted by atomic mass is 32.2. The number of rotatable bonds is 7. The third kappa shape index (κ3) is 5.06. The Bertz CT molecular complexity index is 1230. The van der Waals surface area contributed by atoms with Gasteiger partial charge in [0.15, 0.2) is 11.0 Å². The maximum Gasteiger partial charge on any atom is 0.238 e. The zero-order chi connectivity index (χ0) is 22.9. The number of thiophene rings is 1. The van der Waals surface area contributed by atoms with Crippen LogP contribution in [0.4, 0.5) is 5.69 Å². The number of primary sulfonamides is 1. The number of hydrogen-bond donors (Lipinski definition) is 2. The maximum absolute atomic E-state index is 12.3. The molecule has 2 heterocycles. The predicted molar refractivity (Wildman–Crippen MR) is 127 cm³/mol. The highest BCUT2D eigenvalue weighted by Crippen LogP contribution is 2.38. The van der Waals surface area contributed by atoms with Gasteiger partial charge in [-0.3, -0.25) is 4.79 Å². The molecular weight excluding hydrogens is 466 g/mol. The standard InChI is InChI=1S/C21H25N5O3S3/c1-3-13-4-9-17-14(10-13)11-18(31-17)20-24-25-21(26(20)2)30-12-19(27)23-15-5-7-16(8-6-15)32(22,28)29/h5-8,11,13H,3-4,9-10,12H2,1-2H3,(H,23,27)(H2,22,28,29). The van der Waals surface area contributed by atoms with Crippen LogP contribution < -0.4 is 10.5 Å². The second-order valence-corrected chi connectivity index (χ2v) is 11.5. The van der Waals surface area contributed by atoms with Crippen LogP contribution in [0.5, 0.6) is 0 Å². The number of aromatic nitrogens is 3. The van der Waals surface area contributed by atoms with Crippen molar-refractivity contribution in [2.45, 2.75) is 42.7 Å². The average molecular weight is 492 g/mol. The van der Waals surface area contributed by atoms with E-state index in [0.717, 1.165) is 29.5 Å². The molecule has 4 rings (SSSR count). The Morgan fingerprint density at radius 3 is 2.75 bits per heavy atom. The molecule has 170 valence electrons. The molecular formula is C21H25N5O3S3. The fourth-order valence-electron chi connectivity index (χ4n) is 3.77. The minimum absolute atomic E-state index is 0.00282. The number of aryl methyl sites for hydroxylation is 1. The molecule has 1 unspecified atom stereocenters. The lowest BCUT2D eigenvalue weighted by molar-refractivity contribution is -0.113. The SMILES string of the molecule is CCC1CCc2sc(-c3nnc(SCC(=O)Nc4ccc(S(N)(=O)=O)cc4)n3C)cc2C1.